The normalized spacial score (nSPS) is 13.4. The SMILES string of the molecule is CCC(N)Cc1ccc(N(C)CC(F)(F)F)c(Br)c1. The number of alkyl halides is 3. The summed E-state index contributed by atoms with van der Waals surface area (Å²) in [7, 11) is 1.42. The third-order valence-electron chi connectivity index (χ3n) is 2.86. The lowest BCUT2D eigenvalue weighted by atomic mass is 10.0. The summed E-state index contributed by atoms with van der Waals surface area (Å²) in [5, 5.41) is 0. The molecule has 6 heteroatoms. The molecule has 0 spiro atoms. The molecule has 0 aromatic heterocycles. The molecule has 1 rings (SSSR count). The Morgan fingerprint density at radius 3 is 2.47 bits per heavy atom. The Kier molecular flexibility index (Phi) is 5.67. The largest absolute Gasteiger partial charge is 0.405 e. The number of halogens is 4. The van der Waals surface area contributed by atoms with Crippen LogP contribution in [0.3, 0.4) is 0 Å². The van der Waals surface area contributed by atoms with Gasteiger partial charge in [-0.2, -0.15) is 13.2 Å². The van der Waals surface area contributed by atoms with Crippen molar-refractivity contribution in [1.29, 1.82) is 0 Å². The van der Waals surface area contributed by atoms with Gasteiger partial charge in [-0.05, 0) is 46.5 Å². The van der Waals surface area contributed by atoms with Crippen LogP contribution in [0.1, 0.15) is 18.9 Å². The summed E-state index contributed by atoms with van der Waals surface area (Å²) in [4.78, 5) is 1.17. The molecule has 0 aliphatic rings. The summed E-state index contributed by atoms with van der Waals surface area (Å²) < 4.78 is 37.7. The average Bonchev–Trinajstić information content (AvgIpc) is 2.26. The molecule has 2 N–H and O–H groups in total. The van der Waals surface area contributed by atoms with Crippen LogP contribution in [-0.2, 0) is 6.42 Å². The van der Waals surface area contributed by atoms with Crippen LogP contribution in [0.25, 0.3) is 0 Å². The van der Waals surface area contributed by atoms with Crippen LogP contribution < -0.4 is 10.6 Å². The summed E-state index contributed by atoms with van der Waals surface area (Å²) in [6, 6.07) is 5.42. The molecule has 0 bridgehead atoms. The quantitative estimate of drug-likeness (QED) is 0.886. The number of nitrogens with two attached hydrogens (primary N) is 1. The van der Waals surface area contributed by atoms with Crippen LogP contribution in [0.4, 0.5) is 18.9 Å². The molecule has 0 amide bonds. The van der Waals surface area contributed by atoms with Crippen molar-refractivity contribution in [3.05, 3.63) is 28.2 Å². The molecule has 0 aliphatic carbocycles. The van der Waals surface area contributed by atoms with Crippen LogP contribution in [0.15, 0.2) is 22.7 Å². The minimum atomic E-state index is -4.21. The van der Waals surface area contributed by atoms with Gasteiger partial charge < -0.3 is 10.6 Å². The predicted octanol–water partition coefficient (Wildman–Crippen LogP) is 3.73. The highest BCUT2D eigenvalue weighted by Crippen LogP contribution is 2.29. The summed E-state index contributed by atoms with van der Waals surface area (Å²) >= 11 is 3.32. The second kappa shape index (κ2) is 6.61. The van der Waals surface area contributed by atoms with Gasteiger partial charge in [-0.25, -0.2) is 0 Å². The Balaban J connectivity index is 2.82. The smallest absolute Gasteiger partial charge is 0.365 e. The van der Waals surface area contributed by atoms with E-state index in [4.69, 9.17) is 5.73 Å². The topological polar surface area (TPSA) is 29.3 Å². The van der Waals surface area contributed by atoms with E-state index in [1.807, 2.05) is 19.1 Å². The van der Waals surface area contributed by atoms with E-state index in [-0.39, 0.29) is 6.04 Å². The van der Waals surface area contributed by atoms with Gasteiger partial charge in [-0.15, -0.1) is 0 Å². The maximum atomic E-state index is 12.3. The van der Waals surface area contributed by atoms with Crippen molar-refractivity contribution in [2.45, 2.75) is 32.0 Å². The fourth-order valence-corrected chi connectivity index (χ4v) is 2.52. The van der Waals surface area contributed by atoms with Crippen molar-refractivity contribution in [3.8, 4) is 0 Å². The number of hydrogen-bond donors (Lipinski definition) is 1. The number of hydrogen-bond acceptors (Lipinski definition) is 2. The Morgan fingerprint density at radius 2 is 2.00 bits per heavy atom. The van der Waals surface area contributed by atoms with Crippen molar-refractivity contribution in [1.82, 2.24) is 0 Å². The monoisotopic (exact) mass is 338 g/mol. The molecule has 0 saturated carbocycles. The van der Waals surface area contributed by atoms with Gasteiger partial charge in [0.2, 0.25) is 0 Å². The molecule has 19 heavy (non-hydrogen) atoms. The highest BCUT2D eigenvalue weighted by Gasteiger charge is 2.29. The minimum Gasteiger partial charge on any atom is -0.365 e. The maximum absolute atomic E-state index is 12.3. The van der Waals surface area contributed by atoms with Crippen LogP contribution in [0.2, 0.25) is 0 Å². The van der Waals surface area contributed by atoms with Crippen LogP contribution in [-0.4, -0.2) is 25.8 Å². The first-order valence-electron chi connectivity index (χ1n) is 6.05. The van der Waals surface area contributed by atoms with Gasteiger partial charge in [0.05, 0.1) is 5.69 Å². The van der Waals surface area contributed by atoms with Gasteiger partial charge in [0, 0.05) is 17.6 Å². The molecule has 0 radical (unpaired) electrons. The van der Waals surface area contributed by atoms with E-state index in [0.717, 1.165) is 18.4 Å². The zero-order valence-corrected chi connectivity index (χ0v) is 12.6. The van der Waals surface area contributed by atoms with Gasteiger partial charge in [0.25, 0.3) is 0 Å². The van der Waals surface area contributed by atoms with Gasteiger partial charge in [0.1, 0.15) is 6.54 Å². The molecule has 0 fully saturated rings. The molecule has 2 nitrogen and oxygen atoms in total. The Hall–Kier alpha value is -0.750. The second-order valence-electron chi connectivity index (χ2n) is 4.63. The molecule has 1 atom stereocenters. The van der Waals surface area contributed by atoms with Crippen molar-refractivity contribution in [2.24, 2.45) is 5.73 Å². The minimum absolute atomic E-state index is 0.0747. The van der Waals surface area contributed by atoms with E-state index in [9.17, 15) is 13.2 Å². The van der Waals surface area contributed by atoms with Crippen molar-refractivity contribution < 1.29 is 13.2 Å². The molecule has 0 aliphatic heterocycles. The Bertz CT molecular complexity index is 421. The van der Waals surface area contributed by atoms with Gasteiger partial charge >= 0.3 is 6.18 Å². The summed E-state index contributed by atoms with van der Waals surface area (Å²) in [6.07, 6.45) is -2.62. The van der Waals surface area contributed by atoms with E-state index < -0.39 is 12.7 Å². The molecule has 1 aromatic rings. The molecular weight excluding hydrogens is 321 g/mol. The first kappa shape index (κ1) is 16.3. The van der Waals surface area contributed by atoms with Crippen molar-refractivity contribution >= 4 is 21.6 Å². The van der Waals surface area contributed by atoms with Crippen LogP contribution in [0, 0.1) is 0 Å². The third-order valence-corrected chi connectivity index (χ3v) is 3.50. The van der Waals surface area contributed by atoms with Crippen LogP contribution >= 0.6 is 15.9 Å². The maximum Gasteiger partial charge on any atom is 0.405 e. The Morgan fingerprint density at radius 1 is 1.37 bits per heavy atom. The lowest BCUT2D eigenvalue weighted by Gasteiger charge is -2.22. The average molecular weight is 339 g/mol. The first-order valence-corrected chi connectivity index (χ1v) is 6.84. The molecular formula is C13H18BrF3N2. The second-order valence-corrected chi connectivity index (χ2v) is 5.48. The lowest BCUT2D eigenvalue weighted by Crippen LogP contribution is -2.31. The van der Waals surface area contributed by atoms with E-state index in [1.165, 1.54) is 11.9 Å². The van der Waals surface area contributed by atoms with E-state index in [2.05, 4.69) is 15.9 Å². The number of anilines is 1. The van der Waals surface area contributed by atoms with Crippen molar-refractivity contribution in [3.63, 3.8) is 0 Å². The number of rotatable bonds is 5. The lowest BCUT2D eigenvalue weighted by molar-refractivity contribution is -0.119. The fraction of sp³-hybridized carbons (Fsp3) is 0.538. The zero-order chi connectivity index (χ0) is 14.6. The predicted molar refractivity (Wildman–Crippen MR) is 75.4 cm³/mol. The van der Waals surface area contributed by atoms with E-state index in [0.29, 0.717) is 10.2 Å². The highest BCUT2D eigenvalue weighted by atomic mass is 79.9. The number of benzene rings is 1. The van der Waals surface area contributed by atoms with Gasteiger partial charge in [-0.3, -0.25) is 0 Å². The summed E-state index contributed by atoms with van der Waals surface area (Å²) in [5.74, 6) is 0. The number of nitrogens with zero attached hydrogens (tertiary/aromatic N) is 1. The van der Waals surface area contributed by atoms with Gasteiger partial charge in [-0.1, -0.05) is 13.0 Å². The van der Waals surface area contributed by atoms with Crippen LogP contribution in [0.5, 0.6) is 0 Å². The molecule has 1 aromatic carbocycles. The molecule has 1 unspecified atom stereocenters. The Labute approximate surface area is 119 Å². The van der Waals surface area contributed by atoms with Gasteiger partial charge in [0.15, 0.2) is 0 Å². The zero-order valence-electron chi connectivity index (χ0n) is 11.0. The van der Waals surface area contributed by atoms with Crippen molar-refractivity contribution in [2.75, 3.05) is 18.5 Å². The summed E-state index contributed by atoms with van der Waals surface area (Å²) in [6.45, 7) is 1.03. The van der Waals surface area contributed by atoms with E-state index in [1.54, 1.807) is 6.07 Å². The molecule has 0 saturated heterocycles. The molecule has 108 valence electrons. The first-order chi connectivity index (χ1) is 8.73. The standard InChI is InChI=1S/C13H18BrF3N2/c1-3-10(18)6-9-4-5-12(11(14)7-9)19(2)8-13(15,16)17/h4-5,7,10H,3,6,8,18H2,1-2H3. The van der Waals surface area contributed by atoms with E-state index >= 15 is 0 Å². The molecule has 0 heterocycles. The fourth-order valence-electron chi connectivity index (χ4n) is 1.79. The third kappa shape index (κ3) is 5.40. The summed E-state index contributed by atoms with van der Waals surface area (Å²) in [5.41, 5.74) is 7.40. The highest BCUT2D eigenvalue weighted by molar-refractivity contribution is 9.10.